The molecule has 1 N–H and O–H groups in total. The summed E-state index contributed by atoms with van der Waals surface area (Å²) in [5.41, 5.74) is 4.74. The number of H-pyrrole nitrogens is 1. The van der Waals surface area contributed by atoms with Gasteiger partial charge in [-0.05, 0) is 52.0 Å². The van der Waals surface area contributed by atoms with E-state index in [1.165, 1.54) is 29.0 Å². The third-order valence-corrected chi connectivity index (χ3v) is 5.93. The van der Waals surface area contributed by atoms with E-state index in [-0.39, 0.29) is 11.9 Å². The number of rotatable bonds is 5. The molecule has 0 aromatic carbocycles. The molecule has 1 atom stereocenters. The van der Waals surface area contributed by atoms with Crippen LogP contribution in [0.2, 0.25) is 0 Å². The number of aromatic amines is 1. The first-order valence-corrected chi connectivity index (χ1v) is 9.53. The van der Waals surface area contributed by atoms with Crippen molar-refractivity contribution in [1.29, 1.82) is 0 Å². The minimum absolute atomic E-state index is 0.00977. The van der Waals surface area contributed by atoms with Crippen molar-refractivity contribution in [3.8, 4) is 0 Å². The quantitative estimate of drug-likeness (QED) is 0.901. The summed E-state index contributed by atoms with van der Waals surface area (Å²) < 4.78 is 0. The topological polar surface area (TPSA) is 61.9 Å². The highest BCUT2D eigenvalue weighted by Gasteiger charge is 2.23. The molecule has 6 heteroatoms. The highest BCUT2D eigenvalue weighted by atomic mass is 32.1. The molecule has 0 aliphatic heterocycles. The fourth-order valence-corrected chi connectivity index (χ4v) is 4.40. The van der Waals surface area contributed by atoms with Crippen LogP contribution in [-0.4, -0.2) is 33.0 Å². The Kier molecular flexibility index (Phi) is 5.04. The van der Waals surface area contributed by atoms with Crippen molar-refractivity contribution in [2.24, 2.45) is 0 Å². The molecule has 0 radical (unpaired) electrons. The Morgan fingerprint density at radius 2 is 2.08 bits per heavy atom. The van der Waals surface area contributed by atoms with E-state index in [1.807, 2.05) is 18.9 Å². The summed E-state index contributed by atoms with van der Waals surface area (Å²) in [4.78, 5) is 20.2. The molecule has 24 heavy (non-hydrogen) atoms. The molecule has 5 nitrogen and oxygen atoms in total. The summed E-state index contributed by atoms with van der Waals surface area (Å²) in [5.74, 6) is 0.153. The number of carbonyl (C=O) groups is 1. The molecule has 1 aliphatic rings. The zero-order chi connectivity index (χ0) is 17.3. The van der Waals surface area contributed by atoms with Crippen LogP contribution in [0.25, 0.3) is 0 Å². The van der Waals surface area contributed by atoms with Gasteiger partial charge in [-0.3, -0.25) is 9.89 Å². The van der Waals surface area contributed by atoms with Gasteiger partial charge in [-0.15, -0.1) is 11.3 Å². The molecule has 2 aromatic heterocycles. The Hall–Kier alpha value is -1.69. The summed E-state index contributed by atoms with van der Waals surface area (Å²) in [6.07, 6.45) is 5.87. The molecule has 1 amide bonds. The maximum Gasteiger partial charge on any atom is 0.223 e. The molecular weight excluding hydrogens is 320 g/mol. The fourth-order valence-electron chi connectivity index (χ4n) is 3.49. The number of hydrogen-bond acceptors (Lipinski definition) is 4. The van der Waals surface area contributed by atoms with Crippen molar-refractivity contribution in [3.63, 3.8) is 0 Å². The second-order valence-corrected chi connectivity index (χ2v) is 8.10. The normalized spacial score (nSPS) is 15.2. The van der Waals surface area contributed by atoms with E-state index < -0.39 is 0 Å². The molecule has 0 spiro atoms. The summed E-state index contributed by atoms with van der Waals surface area (Å²) in [5, 5.41) is 8.65. The third-order valence-electron chi connectivity index (χ3n) is 5.03. The molecule has 0 saturated heterocycles. The molecule has 3 rings (SSSR count). The molecule has 130 valence electrons. The Bertz CT molecular complexity index is 733. The predicted molar refractivity (Wildman–Crippen MR) is 96.3 cm³/mol. The van der Waals surface area contributed by atoms with Gasteiger partial charge < -0.3 is 4.90 Å². The maximum atomic E-state index is 12.6. The van der Waals surface area contributed by atoms with E-state index >= 15 is 0 Å². The number of nitrogens with one attached hydrogen (secondary N) is 1. The van der Waals surface area contributed by atoms with Crippen LogP contribution in [0, 0.1) is 13.8 Å². The van der Waals surface area contributed by atoms with Gasteiger partial charge in [-0.1, -0.05) is 0 Å². The maximum absolute atomic E-state index is 12.6. The van der Waals surface area contributed by atoms with E-state index in [0.29, 0.717) is 6.42 Å². The molecule has 0 bridgehead atoms. The Labute approximate surface area is 147 Å². The first-order chi connectivity index (χ1) is 11.5. The number of amides is 1. The lowest BCUT2D eigenvalue weighted by atomic mass is 9.94. The highest BCUT2D eigenvalue weighted by Crippen LogP contribution is 2.27. The smallest absolute Gasteiger partial charge is 0.223 e. The van der Waals surface area contributed by atoms with Gasteiger partial charge in [0.15, 0.2) is 0 Å². The van der Waals surface area contributed by atoms with Crippen LogP contribution in [0.15, 0.2) is 0 Å². The third kappa shape index (κ3) is 3.38. The number of aryl methyl sites for hydroxylation is 4. The van der Waals surface area contributed by atoms with E-state index in [9.17, 15) is 4.79 Å². The van der Waals surface area contributed by atoms with Crippen LogP contribution in [0.4, 0.5) is 0 Å². The van der Waals surface area contributed by atoms with Gasteiger partial charge in [0, 0.05) is 30.5 Å². The van der Waals surface area contributed by atoms with Gasteiger partial charge in [-0.2, -0.15) is 5.10 Å². The van der Waals surface area contributed by atoms with Crippen molar-refractivity contribution in [2.75, 3.05) is 7.05 Å². The van der Waals surface area contributed by atoms with E-state index in [1.54, 1.807) is 11.3 Å². The average molecular weight is 347 g/mol. The van der Waals surface area contributed by atoms with Crippen molar-refractivity contribution < 1.29 is 4.79 Å². The van der Waals surface area contributed by atoms with Gasteiger partial charge in [0.2, 0.25) is 5.91 Å². The molecule has 0 saturated carbocycles. The first-order valence-electron chi connectivity index (χ1n) is 8.72. The monoisotopic (exact) mass is 346 g/mol. The summed E-state index contributed by atoms with van der Waals surface area (Å²) in [6, 6.07) is 0.00977. The van der Waals surface area contributed by atoms with Gasteiger partial charge >= 0.3 is 0 Å². The van der Waals surface area contributed by atoms with Crippen LogP contribution in [0.1, 0.15) is 64.8 Å². The highest BCUT2D eigenvalue weighted by molar-refractivity contribution is 7.11. The van der Waals surface area contributed by atoms with Gasteiger partial charge in [0.25, 0.3) is 0 Å². The van der Waals surface area contributed by atoms with Crippen molar-refractivity contribution in [2.45, 2.75) is 65.3 Å². The largest absolute Gasteiger partial charge is 0.337 e. The molecular formula is C18H26N4OS. The minimum Gasteiger partial charge on any atom is -0.337 e. The van der Waals surface area contributed by atoms with Crippen molar-refractivity contribution in [3.05, 3.63) is 32.5 Å². The Morgan fingerprint density at radius 3 is 2.79 bits per heavy atom. The molecule has 0 fully saturated rings. The lowest BCUT2D eigenvalue weighted by molar-refractivity contribution is -0.131. The van der Waals surface area contributed by atoms with Crippen LogP contribution in [0.3, 0.4) is 0 Å². The molecule has 2 heterocycles. The second kappa shape index (κ2) is 7.05. The van der Waals surface area contributed by atoms with Crippen molar-refractivity contribution >= 4 is 17.2 Å². The van der Waals surface area contributed by atoms with Crippen molar-refractivity contribution in [1.82, 2.24) is 20.1 Å². The van der Waals surface area contributed by atoms with Crippen LogP contribution in [-0.2, 0) is 24.1 Å². The summed E-state index contributed by atoms with van der Waals surface area (Å²) >= 11 is 1.69. The molecule has 1 aliphatic carbocycles. The molecule has 2 aromatic rings. The zero-order valence-electron chi connectivity index (χ0n) is 15.0. The Balaban J connectivity index is 1.62. The van der Waals surface area contributed by atoms with Gasteiger partial charge in [0.05, 0.1) is 22.4 Å². The number of thiazole rings is 1. The van der Waals surface area contributed by atoms with Gasteiger partial charge in [-0.25, -0.2) is 4.98 Å². The summed E-state index contributed by atoms with van der Waals surface area (Å²) in [7, 11) is 1.88. The number of carbonyl (C=O) groups excluding carboxylic acids is 1. The lowest BCUT2D eigenvalue weighted by Crippen LogP contribution is -2.30. The summed E-state index contributed by atoms with van der Waals surface area (Å²) in [6.45, 7) is 6.14. The Morgan fingerprint density at radius 1 is 1.33 bits per heavy atom. The number of nitrogens with zero attached hydrogens (tertiary/aromatic N) is 3. The van der Waals surface area contributed by atoms with Crippen LogP contribution < -0.4 is 0 Å². The SMILES string of the molecule is Cc1nc(C(C)N(C)C(=O)CCc2n[nH]c3c2CCCC3)c(C)s1. The fraction of sp³-hybridized carbons (Fsp3) is 0.611. The number of fused-ring (bicyclic) bond motifs is 1. The van der Waals surface area contributed by atoms with Crippen LogP contribution in [0.5, 0.6) is 0 Å². The van der Waals surface area contributed by atoms with E-state index in [2.05, 4.69) is 29.0 Å². The minimum atomic E-state index is 0.00977. The van der Waals surface area contributed by atoms with E-state index in [0.717, 1.165) is 35.7 Å². The first kappa shape index (κ1) is 17.1. The number of hydrogen-bond donors (Lipinski definition) is 1. The predicted octanol–water partition coefficient (Wildman–Crippen LogP) is 3.51. The lowest BCUT2D eigenvalue weighted by Gasteiger charge is -2.24. The average Bonchev–Trinajstić information content (AvgIpc) is 3.14. The van der Waals surface area contributed by atoms with Crippen LogP contribution >= 0.6 is 11.3 Å². The number of aromatic nitrogens is 3. The van der Waals surface area contributed by atoms with Gasteiger partial charge in [0.1, 0.15) is 0 Å². The standard InChI is InChI=1S/C18H26N4OS/c1-11(18-12(2)24-13(3)19-18)22(4)17(23)10-9-16-14-7-5-6-8-15(14)20-21-16/h11H,5-10H2,1-4H3,(H,20,21). The molecule has 1 unspecified atom stereocenters. The zero-order valence-corrected chi connectivity index (χ0v) is 15.8. The van der Waals surface area contributed by atoms with E-state index in [4.69, 9.17) is 0 Å². The second-order valence-electron chi connectivity index (χ2n) is 6.69.